The van der Waals surface area contributed by atoms with Gasteiger partial charge in [0.1, 0.15) is 0 Å². The van der Waals surface area contributed by atoms with E-state index in [1.54, 1.807) is 0 Å². The van der Waals surface area contributed by atoms with Crippen LogP contribution in [0.1, 0.15) is 39.5 Å². The lowest BCUT2D eigenvalue weighted by atomic mass is 9.75. The Hall–Kier alpha value is -0.700. The van der Waals surface area contributed by atoms with E-state index in [2.05, 4.69) is 41.2 Å². The Kier molecular flexibility index (Phi) is 3.67. The number of anilines is 2. The average molecular weight is 297 g/mol. The van der Waals surface area contributed by atoms with Crippen molar-refractivity contribution in [2.45, 2.75) is 45.6 Å². The number of hydrogen-bond donors (Lipinski definition) is 2. The summed E-state index contributed by atoms with van der Waals surface area (Å²) < 4.78 is 1.03. The number of nitrogens with two attached hydrogens (primary N) is 1. The quantitative estimate of drug-likeness (QED) is 0.793. The minimum Gasteiger partial charge on any atom is -0.397 e. The van der Waals surface area contributed by atoms with Crippen molar-refractivity contribution in [3.8, 4) is 0 Å². The Bertz CT molecular complexity index is 401. The first-order chi connectivity index (χ1) is 7.96. The van der Waals surface area contributed by atoms with E-state index in [-0.39, 0.29) is 0 Å². The van der Waals surface area contributed by atoms with E-state index in [9.17, 15) is 0 Å². The van der Waals surface area contributed by atoms with Gasteiger partial charge in [-0.05, 0) is 42.9 Å². The second-order valence-corrected chi connectivity index (χ2v) is 6.75. The number of rotatable bonds is 2. The van der Waals surface area contributed by atoms with E-state index < -0.39 is 0 Å². The summed E-state index contributed by atoms with van der Waals surface area (Å²) in [5.74, 6) is 0. The standard InChI is InChI=1S/C14H21BrN2/c1-14(2)7-3-4-11(9-14)17-13-6-5-10(15)8-12(13)16/h5-6,8,11,17H,3-4,7,9,16H2,1-2H3. The zero-order valence-electron chi connectivity index (χ0n) is 10.6. The molecule has 0 amide bonds. The Morgan fingerprint density at radius 3 is 2.82 bits per heavy atom. The Morgan fingerprint density at radius 2 is 2.18 bits per heavy atom. The van der Waals surface area contributed by atoms with Crippen molar-refractivity contribution in [3.63, 3.8) is 0 Å². The largest absolute Gasteiger partial charge is 0.397 e. The third-order valence-corrected chi connectivity index (χ3v) is 4.07. The van der Waals surface area contributed by atoms with Crippen LogP contribution in [-0.4, -0.2) is 6.04 Å². The summed E-state index contributed by atoms with van der Waals surface area (Å²) in [6.07, 6.45) is 5.11. The van der Waals surface area contributed by atoms with Crippen LogP contribution < -0.4 is 11.1 Å². The molecular weight excluding hydrogens is 276 g/mol. The summed E-state index contributed by atoms with van der Waals surface area (Å²) in [6, 6.07) is 6.60. The van der Waals surface area contributed by atoms with Gasteiger partial charge < -0.3 is 11.1 Å². The fraction of sp³-hybridized carbons (Fsp3) is 0.571. The molecule has 1 fully saturated rings. The summed E-state index contributed by atoms with van der Waals surface area (Å²) in [7, 11) is 0. The highest BCUT2D eigenvalue weighted by Crippen LogP contribution is 2.37. The van der Waals surface area contributed by atoms with Gasteiger partial charge in [0.25, 0.3) is 0 Å². The molecule has 3 N–H and O–H groups in total. The first kappa shape index (κ1) is 12.7. The highest BCUT2D eigenvalue weighted by molar-refractivity contribution is 9.10. The van der Waals surface area contributed by atoms with Crippen molar-refractivity contribution in [1.82, 2.24) is 0 Å². The van der Waals surface area contributed by atoms with E-state index in [1.807, 2.05) is 12.1 Å². The Morgan fingerprint density at radius 1 is 1.41 bits per heavy atom. The second kappa shape index (κ2) is 4.89. The van der Waals surface area contributed by atoms with Crippen LogP contribution in [0.3, 0.4) is 0 Å². The summed E-state index contributed by atoms with van der Waals surface area (Å²) in [5.41, 5.74) is 8.36. The molecule has 0 spiro atoms. The molecule has 17 heavy (non-hydrogen) atoms. The van der Waals surface area contributed by atoms with Crippen LogP contribution in [0, 0.1) is 5.41 Å². The molecule has 1 aromatic rings. The van der Waals surface area contributed by atoms with Crippen molar-refractivity contribution < 1.29 is 0 Å². The molecule has 0 aliphatic heterocycles. The van der Waals surface area contributed by atoms with Crippen LogP contribution in [0.15, 0.2) is 22.7 Å². The molecule has 2 nitrogen and oxygen atoms in total. The smallest absolute Gasteiger partial charge is 0.0576 e. The van der Waals surface area contributed by atoms with E-state index in [0.29, 0.717) is 11.5 Å². The zero-order chi connectivity index (χ0) is 12.5. The monoisotopic (exact) mass is 296 g/mol. The number of benzene rings is 1. The molecule has 2 rings (SSSR count). The summed E-state index contributed by atoms with van der Waals surface area (Å²) in [5, 5.41) is 3.59. The van der Waals surface area contributed by atoms with Crippen LogP contribution in [0.25, 0.3) is 0 Å². The first-order valence-corrected chi connectivity index (χ1v) is 7.07. The fourth-order valence-corrected chi connectivity index (χ4v) is 3.09. The van der Waals surface area contributed by atoms with E-state index in [1.165, 1.54) is 25.7 Å². The molecule has 0 aromatic heterocycles. The fourth-order valence-electron chi connectivity index (χ4n) is 2.71. The number of nitrogen functional groups attached to an aromatic ring is 1. The molecule has 0 heterocycles. The number of nitrogens with one attached hydrogen (secondary N) is 1. The molecule has 1 aromatic carbocycles. The van der Waals surface area contributed by atoms with Gasteiger partial charge in [-0.25, -0.2) is 0 Å². The van der Waals surface area contributed by atoms with Crippen molar-refractivity contribution in [2.24, 2.45) is 5.41 Å². The van der Waals surface area contributed by atoms with Crippen LogP contribution in [0.5, 0.6) is 0 Å². The molecule has 1 unspecified atom stereocenters. The topological polar surface area (TPSA) is 38.0 Å². The lowest BCUT2D eigenvalue weighted by molar-refractivity contribution is 0.229. The third kappa shape index (κ3) is 3.38. The SMILES string of the molecule is CC1(C)CCCC(Nc2ccc(Br)cc2N)C1. The molecule has 0 bridgehead atoms. The van der Waals surface area contributed by atoms with Gasteiger partial charge in [0.05, 0.1) is 11.4 Å². The van der Waals surface area contributed by atoms with Gasteiger partial charge in [-0.2, -0.15) is 0 Å². The zero-order valence-corrected chi connectivity index (χ0v) is 12.2. The summed E-state index contributed by atoms with van der Waals surface area (Å²) in [6.45, 7) is 4.71. The van der Waals surface area contributed by atoms with Crippen molar-refractivity contribution in [3.05, 3.63) is 22.7 Å². The molecule has 0 saturated heterocycles. The Balaban J connectivity index is 2.05. The van der Waals surface area contributed by atoms with Crippen molar-refractivity contribution >= 4 is 27.3 Å². The maximum Gasteiger partial charge on any atom is 0.0576 e. The molecule has 1 saturated carbocycles. The van der Waals surface area contributed by atoms with Gasteiger partial charge in [-0.15, -0.1) is 0 Å². The van der Waals surface area contributed by atoms with Gasteiger partial charge in [0.15, 0.2) is 0 Å². The minimum atomic E-state index is 0.458. The van der Waals surface area contributed by atoms with Crippen LogP contribution in [-0.2, 0) is 0 Å². The summed E-state index contributed by atoms with van der Waals surface area (Å²) >= 11 is 3.43. The molecule has 1 atom stereocenters. The van der Waals surface area contributed by atoms with Gasteiger partial charge in [-0.3, -0.25) is 0 Å². The predicted octanol–water partition coefficient (Wildman–Crippen LogP) is 4.41. The highest BCUT2D eigenvalue weighted by atomic mass is 79.9. The van der Waals surface area contributed by atoms with Gasteiger partial charge in [0.2, 0.25) is 0 Å². The molecule has 0 radical (unpaired) electrons. The van der Waals surface area contributed by atoms with E-state index in [0.717, 1.165) is 15.8 Å². The molecular formula is C14H21BrN2. The van der Waals surface area contributed by atoms with Gasteiger partial charge >= 0.3 is 0 Å². The second-order valence-electron chi connectivity index (χ2n) is 5.83. The lowest BCUT2D eigenvalue weighted by Gasteiger charge is -2.36. The molecule has 1 aliphatic carbocycles. The lowest BCUT2D eigenvalue weighted by Crippen LogP contribution is -2.31. The maximum absolute atomic E-state index is 6.01. The van der Waals surface area contributed by atoms with E-state index >= 15 is 0 Å². The Labute approximate surface area is 112 Å². The van der Waals surface area contributed by atoms with Crippen molar-refractivity contribution in [1.29, 1.82) is 0 Å². The normalized spacial score (nSPS) is 23.4. The van der Waals surface area contributed by atoms with Crippen molar-refractivity contribution in [2.75, 3.05) is 11.1 Å². The molecule has 1 aliphatic rings. The summed E-state index contributed by atoms with van der Waals surface area (Å²) in [4.78, 5) is 0. The molecule has 94 valence electrons. The van der Waals surface area contributed by atoms with Gasteiger partial charge in [0, 0.05) is 10.5 Å². The van der Waals surface area contributed by atoms with Crippen LogP contribution in [0.4, 0.5) is 11.4 Å². The number of hydrogen-bond acceptors (Lipinski definition) is 2. The maximum atomic E-state index is 6.01. The average Bonchev–Trinajstić information content (AvgIpc) is 2.21. The van der Waals surface area contributed by atoms with E-state index in [4.69, 9.17) is 5.73 Å². The molecule has 3 heteroatoms. The number of halogens is 1. The predicted molar refractivity (Wildman–Crippen MR) is 78.2 cm³/mol. The van der Waals surface area contributed by atoms with Crippen LogP contribution >= 0.6 is 15.9 Å². The minimum absolute atomic E-state index is 0.458. The third-order valence-electron chi connectivity index (χ3n) is 3.58. The highest BCUT2D eigenvalue weighted by Gasteiger charge is 2.27. The van der Waals surface area contributed by atoms with Gasteiger partial charge in [-0.1, -0.05) is 36.2 Å². The first-order valence-electron chi connectivity index (χ1n) is 6.28. The van der Waals surface area contributed by atoms with Crippen LogP contribution in [0.2, 0.25) is 0 Å².